The molecule has 186 valence electrons. The average Bonchev–Trinajstić information content (AvgIpc) is 2.77. The van der Waals surface area contributed by atoms with Crippen LogP contribution in [0.15, 0.2) is 0 Å². The van der Waals surface area contributed by atoms with Crippen LogP contribution in [0.5, 0.6) is 0 Å². The van der Waals surface area contributed by atoms with Crippen LogP contribution in [-0.4, -0.2) is 0 Å². The molecule has 0 bridgehead atoms. The van der Waals surface area contributed by atoms with Crippen LogP contribution in [0.4, 0.5) is 0 Å². The summed E-state index contributed by atoms with van der Waals surface area (Å²) < 4.78 is 0. The molecule has 0 fully saturated rings. The van der Waals surface area contributed by atoms with E-state index in [1.165, 1.54) is 154 Å². The Morgan fingerprint density at radius 2 is 0.267 bits per heavy atom. The number of unbranched alkanes of at least 4 members (excludes halogenated alkanes) is 21. The van der Waals surface area contributed by atoms with Crippen molar-refractivity contribution in [1.29, 1.82) is 0 Å². The maximum absolute atomic E-state index is 2.28. The molecule has 0 heterocycles. The molecular formula is C30H66. The maximum atomic E-state index is 2.28. The van der Waals surface area contributed by atoms with Crippen LogP contribution < -0.4 is 0 Å². The van der Waals surface area contributed by atoms with Crippen LogP contribution in [0.25, 0.3) is 0 Å². The highest BCUT2D eigenvalue weighted by atomic mass is 14.0. The van der Waals surface area contributed by atoms with Crippen LogP contribution in [-0.2, 0) is 0 Å². The molecule has 0 amide bonds. The summed E-state index contributed by atoms with van der Waals surface area (Å²) in [5.41, 5.74) is 0. The van der Waals surface area contributed by atoms with E-state index in [0.717, 1.165) is 0 Å². The summed E-state index contributed by atoms with van der Waals surface area (Å²) in [6.45, 7) is 13.6. The molecule has 0 rings (SSSR count). The van der Waals surface area contributed by atoms with Crippen molar-refractivity contribution in [3.63, 3.8) is 0 Å². The fraction of sp³-hybridized carbons (Fsp3) is 1.00. The van der Waals surface area contributed by atoms with Gasteiger partial charge in [0.25, 0.3) is 0 Å². The van der Waals surface area contributed by atoms with E-state index in [1.807, 2.05) is 0 Å². The molecule has 0 heteroatoms. The highest BCUT2D eigenvalue weighted by Gasteiger charge is 1.90. The molecule has 0 aromatic rings. The van der Waals surface area contributed by atoms with Crippen molar-refractivity contribution in [1.82, 2.24) is 0 Å². The van der Waals surface area contributed by atoms with E-state index in [-0.39, 0.29) is 0 Å². The Bertz CT molecular complexity index is 196. The van der Waals surface area contributed by atoms with E-state index >= 15 is 0 Å². The van der Waals surface area contributed by atoms with E-state index in [2.05, 4.69) is 41.5 Å². The van der Waals surface area contributed by atoms with E-state index in [0.29, 0.717) is 0 Å². The molecule has 0 unspecified atom stereocenters. The number of rotatable bonds is 21. The molecule has 0 aromatic heterocycles. The standard InChI is InChI=1S/C12H26.C10H22.C8H18/c1-3-5-7-9-11-12-10-8-6-4-2;1-3-5-7-9-10-8-6-4-2;1-3-5-7-8-6-4-2/h3-12H2,1-2H3;3-10H2,1-2H3;3-8H2,1-2H3. The predicted molar refractivity (Wildman–Crippen MR) is 145 cm³/mol. The summed E-state index contributed by atoms with van der Waals surface area (Å²) >= 11 is 0. The Morgan fingerprint density at radius 3 is 0.367 bits per heavy atom. The van der Waals surface area contributed by atoms with Crippen molar-refractivity contribution in [3.8, 4) is 0 Å². The third-order valence-electron chi connectivity index (χ3n) is 5.87. The van der Waals surface area contributed by atoms with Gasteiger partial charge in [-0.15, -0.1) is 0 Å². The highest BCUT2D eigenvalue weighted by molar-refractivity contribution is 4.46. The zero-order valence-electron chi connectivity index (χ0n) is 23.0. The molecule has 0 N–H and O–H groups in total. The number of hydrogen-bond acceptors (Lipinski definition) is 0. The minimum Gasteiger partial charge on any atom is -0.0654 e. The lowest BCUT2D eigenvalue weighted by Gasteiger charge is -1.99. The SMILES string of the molecule is CCCCCCCC.CCCCCCCCCC.CCCCCCCCCCCC. The lowest BCUT2D eigenvalue weighted by molar-refractivity contribution is 0.562. The smallest absolute Gasteiger partial charge is 0.0533 e. The molecule has 0 aliphatic heterocycles. The molecule has 0 aliphatic rings. The first-order chi connectivity index (χ1) is 14.7. The van der Waals surface area contributed by atoms with Crippen LogP contribution >= 0.6 is 0 Å². The van der Waals surface area contributed by atoms with Gasteiger partial charge >= 0.3 is 0 Å². The second-order valence-corrected chi connectivity index (χ2v) is 9.36. The number of hydrogen-bond donors (Lipinski definition) is 0. The van der Waals surface area contributed by atoms with Crippen LogP contribution in [0, 0.1) is 0 Å². The van der Waals surface area contributed by atoms with Gasteiger partial charge in [0.15, 0.2) is 0 Å². The van der Waals surface area contributed by atoms with Gasteiger partial charge in [-0.3, -0.25) is 0 Å². The molecule has 0 atom stereocenters. The molecule has 30 heavy (non-hydrogen) atoms. The van der Waals surface area contributed by atoms with Gasteiger partial charge in [0.05, 0.1) is 0 Å². The van der Waals surface area contributed by atoms with Gasteiger partial charge < -0.3 is 0 Å². The molecule has 0 saturated heterocycles. The van der Waals surface area contributed by atoms with Gasteiger partial charge in [-0.2, -0.15) is 0 Å². The first-order valence-corrected chi connectivity index (χ1v) is 14.7. The topological polar surface area (TPSA) is 0 Å². The van der Waals surface area contributed by atoms with Crippen LogP contribution in [0.3, 0.4) is 0 Å². The largest absolute Gasteiger partial charge is 0.0654 e. The summed E-state index contributed by atoms with van der Waals surface area (Å²) in [5, 5.41) is 0. The predicted octanol–water partition coefficient (Wildman–Crippen LogP) is 12.4. The lowest BCUT2D eigenvalue weighted by atomic mass is 10.1. The normalized spacial score (nSPS) is 10.2. The molecule has 0 aromatic carbocycles. The Balaban J connectivity index is -0.000000372. The summed E-state index contributed by atoms with van der Waals surface area (Å²) in [5.74, 6) is 0. The fourth-order valence-electron chi connectivity index (χ4n) is 3.62. The molecular weight excluding hydrogens is 360 g/mol. The first-order valence-electron chi connectivity index (χ1n) is 14.7. The third-order valence-corrected chi connectivity index (χ3v) is 5.87. The van der Waals surface area contributed by atoms with Crippen molar-refractivity contribution < 1.29 is 0 Å². The van der Waals surface area contributed by atoms with Crippen molar-refractivity contribution in [2.75, 3.05) is 0 Å². The quantitative estimate of drug-likeness (QED) is 0.160. The van der Waals surface area contributed by atoms with Gasteiger partial charge in [0.1, 0.15) is 0 Å². The Hall–Kier alpha value is 0. The third kappa shape index (κ3) is 46.3. The summed E-state index contributed by atoms with van der Waals surface area (Å²) in [7, 11) is 0. The first kappa shape index (κ1) is 34.6. The van der Waals surface area contributed by atoms with Gasteiger partial charge in [0.2, 0.25) is 0 Å². The Labute approximate surface area is 195 Å². The maximum Gasteiger partial charge on any atom is -0.0533 e. The van der Waals surface area contributed by atoms with Crippen molar-refractivity contribution in [3.05, 3.63) is 0 Å². The Morgan fingerprint density at radius 1 is 0.167 bits per heavy atom. The van der Waals surface area contributed by atoms with Crippen molar-refractivity contribution in [2.24, 2.45) is 0 Å². The Kier molecular flexibility index (Phi) is 45.5. The van der Waals surface area contributed by atoms with Crippen molar-refractivity contribution >= 4 is 0 Å². The van der Waals surface area contributed by atoms with Gasteiger partial charge in [0, 0.05) is 0 Å². The second-order valence-electron chi connectivity index (χ2n) is 9.36. The van der Waals surface area contributed by atoms with Gasteiger partial charge in [-0.05, 0) is 0 Å². The summed E-state index contributed by atoms with van der Waals surface area (Å²) in [6.07, 6.45) is 34.4. The average molecular weight is 427 g/mol. The minimum absolute atomic E-state index is 1.36. The fourth-order valence-corrected chi connectivity index (χ4v) is 3.62. The summed E-state index contributed by atoms with van der Waals surface area (Å²) in [6, 6.07) is 0. The van der Waals surface area contributed by atoms with Crippen molar-refractivity contribution in [2.45, 2.75) is 196 Å². The minimum atomic E-state index is 1.36. The highest BCUT2D eigenvalue weighted by Crippen LogP contribution is 2.10. The lowest BCUT2D eigenvalue weighted by Crippen LogP contribution is -1.80. The van der Waals surface area contributed by atoms with Crippen LogP contribution in [0.2, 0.25) is 0 Å². The zero-order valence-corrected chi connectivity index (χ0v) is 23.0. The zero-order chi connectivity index (χ0) is 23.0. The monoisotopic (exact) mass is 427 g/mol. The summed E-state index contributed by atoms with van der Waals surface area (Å²) in [4.78, 5) is 0. The van der Waals surface area contributed by atoms with Gasteiger partial charge in [-0.1, -0.05) is 196 Å². The van der Waals surface area contributed by atoms with E-state index in [4.69, 9.17) is 0 Å². The molecule has 0 aliphatic carbocycles. The molecule has 0 nitrogen and oxygen atoms in total. The van der Waals surface area contributed by atoms with E-state index in [9.17, 15) is 0 Å². The molecule has 0 saturated carbocycles. The molecule has 0 spiro atoms. The second kappa shape index (κ2) is 39.5. The van der Waals surface area contributed by atoms with Crippen LogP contribution in [0.1, 0.15) is 196 Å². The van der Waals surface area contributed by atoms with E-state index in [1.54, 1.807) is 0 Å². The molecule has 0 radical (unpaired) electrons. The van der Waals surface area contributed by atoms with Gasteiger partial charge in [-0.25, -0.2) is 0 Å². The van der Waals surface area contributed by atoms with E-state index < -0.39 is 0 Å².